The number of carbonyl (C=O) groups excluding carboxylic acids is 1. The summed E-state index contributed by atoms with van der Waals surface area (Å²) in [6.45, 7) is 7.98. The lowest BCUT2D eigenvalue weighted by Crippen LogP contribution is -2.23. The number of carbonyl (C=O) groups is 1. The van der Waals surface area contributed by atoms with Crippen LogP contribution in [0, 0.1) is 11.8 Å². The Hall–Kier alpha value is -2.93. The zero-order chi connectivity index (χ0) is 18.4. The molecule has 0 unspecified atom stereocenters. The first kappa shape index (κ1) is 18.4. The van der Waals surface area contributed by atoms with Crippen LogP contribution in [0.25, 0.3) is 0 Å². The summed E-state index contributed by atoms with van der Waals surface area (Å²) < 4.78 is 10.9. The molecule has 130 valence electrons. The highest BCUT2D eigenvalue weighted by molar-refractivity contribution is 5.89. The van der Waals surface area contributed by atoms with Crippen molar-refractivity contribution in [1.82, 2.24) is 0 Å². The lowest BCUT2D eigenvalue weighted by Gasteiger charge is -2.19. The van der Waals surface area contributed by atoms with Gasteiger partial charge in [0.25, 0.3) is 0 Å². The third-order valence-electron chi connectivity index (χ3n) is 3.17. The highest BCUT2D eigenvalue weighted by atomic mass is 16.6. The summed E-state index contributed by atoms with van der Waals surface area (Å²) in [5.74, 6) is 6.48. The van der Waals surface area contributed by atoms with Gasteiger partial charge in [0.1, 0.15) is 11.4 Å². The molecular formula is C21H23NO3. The van der Waals surface area contributed by atoms with E-state index in [-0.39, 0.29) is 5.97 Å². The Balaban J connectivity index is 2.18. The van der Waals surface area contributed by atoms with Gasteiger partial charge in [0.2, 0.25) is 0 Å². The van der Waals surface area contributed by atoms with E-state index in [0.717, 1.165) is 11.1 Å². The largest absolute Gasteiger partial charge is 0.492 e. The predicted octanol–water partition coefficient (Wildman–Crippen LogP) is 4.02. The molecule has 0 saturated heterocycles. The maximum atomic E-state index is 12.0. The predicted molar refractivity (Wildman–Crippen MR) is 99.6 cm³/mol. The van der Waals surface area contributed by atoms with Crippen LogP contribution in [0.3, 0.4) is 0 Å². The molecule has 0 fully saturated rings. The zero-order valence-electron chi connectivity index (χ0n) is 15.1. The number of nitrogen functional groups attached to an aromatic ring is 1. The third kappa shape index (κ3) is 5.58. The SMILES string of the molecule is CCOc1cc(N)ccc1C#Cc1ccc(C(=O)OC(C)(C)C)cc1. The Morgan fingerprint density at radius 1 is 1.08 bits per heavy atom. The van der Waals surface area contributed by atoms with Gasteiger partial charge in [-0.1, -0.05) is 11.8 Å². The average molecular weight is 337 g/mol. The minimum Gasteiger partial charge on any atom is -0.492 e. The van der Waals surface area contributed by atoms with Gasteiger partial charge in [-0.2, -0.15) is 0 Å². The highest BCUT2D eigenvalue weighted by Crippen LogP contribution is 2.21. The van der Waals surface area contributed by atoms with Gasteiger partial charge in [0, 0.05) is 17.3 Å². The molecule has 25 heavy (non-hydrogen) atoms. The molecule has 0 spiro atoms. The van der Waals surface area contributed by atoms with Crippen molar-refractivity contribution in [2.24, 2.45) is 0 Å². The number of rotatable bonds is 3. The molecule has 2 N–H and O–H groups in total. The van der Waals surface area contributed by atoms with Gasteiger partial charge in [0.05, 0.1) is 17.7 Å². The fourth-order valence-corrected chi connectivity index (χ4v) is 2.08. The zero-order valence-corrected chi connectivity index (χ0v) is 15.1. The average Bonchev–Trinajstić information content (AvgIpc) is 2.53. The van der Waals surface area contributed by atoms with Crippen molar-refractivity contribution in [3.63, 3.8) is 0 Å². The second-order valence-corrected chi connectivity index (χ2v) is 6.52. The molecule has 0 aromatic heterocycles. The Labute approximate surface area is 149 Å². The Morgan fingerprint density at radius 2 is 1.76 bits per heavy atom. The summed E-state index contributed by atoms with van der Waals surface area (Å²) in [7, 11) is 0. The summed E-state index contributed by atoms with van der Waals surface area (Å²) in [4.78, 5) is 12.0. The monoisotopic (exact) mass is 337 g/mol. The molecule has 0 saturated carbocycles. The van der Waals surface area contributed by atoms with Crippen LogP contribution in [-0.2, 0) is 4.74 Å². The Morgan fingerprint density at radius 3 is 2.36 bits per heavy atom. The van der Waals surface area contributed by atoms with Gasteiger partial charge >= 0.3 is 5.97 Å². The van der Waals surface area contributed by atoms with Gasteiger partial charge in [-0.3, -0.25) is 0 Å². The van der Waals surface area contributed by atoms with Crippen LogP contribution in [0.1, 0.15) is 49.2 Å². The fraction of sp³-hybridized carbons (Fsp3) is 0.286. The fourth-order valence-electron chi connectivity index (χ4n) is 2.08. The molecule has 2 aromatic rings. The number of nitrogens with two attached hydrogens (primary N) is 1. The van der Waals surface area contributed by atoms with Gasteiger partial charge in [-0.25, -0.2) is 4.79 Å². The van der Waals surface area contributed by atoms with Crippen LogP contribution in [0.2, 0.25) is 0 Å². The minimum absolute atomic E-state index is 0.343. The third-order valence-corrected chi connectivity index (χ3v) is 3.17. The standard InChI is InChI=1S/C21H23NO3/c1-5-24-19-14-18(22)13-12-16(19)9-6-15-7-10-17(11-8-15)20(23)25-21(2,3)4/h7-8,10-14H,5,22H2,1-4H3. The maximum Gasteiger partial charge on any atom is 0.338 e. The minimum atomic E-state index is -0.513. The first-order valence-corrected chi connectivity index (χ1v) is 8.16. The summed E-state index contributed by atoms with van der Waals surface area (Å²) in [6.07, 6.45) is 0. The van der Waals surface area contributed by atoms with Crippen molar-refractivity contribution in [3.05, 3.63) is 59.2 Å². The topological polar surface area (TPSA) is 61.5 Å². The van der Waals surface area contributed by atoms with Gasteiger partial charge in [0.15, 0.2) is 0 Å². The van der Waals surface area contributed by atoms with E-state index in [1.54, 1.807) is 36.4 Å². The van der Waals surface area contributed by atoms with E-state index in [0.29, 0.717) is 23.6 Å². The highest BCUT2D eigenvalue weighted by Gasteiger charge is 2.17. The van der Waals surface area contributed by atoms with Crippen LogP contribution in [-0.4, -0.2) is 18.2 Å². The van der Waals surface area contributed by atoms with Crippen LogP contribution in [0.4, 0.5) is 5.69 Å². The van der Waals surface area contributed by atoms with E-state index in [1.165, 1.54) is 0 Å². The summed E-state index contributed by atoms with van der Waals surface area (Å²) in [5.41, 5.74) is 7.97. The maximum absolute atomic E-state index is 12.0. The molecule has 0 aliphatic rings. The number of hydrogen-bond donors (Lipinski definition) is 1. The molecule has 0 aliphatic heterocycles. The van der Waals surface area contributed by atoms with Crippen molar-refractivity contribution in [2.45, 2.75) is 33.3 Å². The molecule has 0 atom stereocenters. The first-order valence-electron chi connectivity index (χ1n) is 8.16. The molecule has 0 radical (unpaired) electrons. The van der Waals surface area contributed by atoms with Crippen LogP contribution >= 0.6 is 0 Å². The molecule has 2 rings (SSSR count). The molecule has 0 amide bonds. The summed E-state index contributed by atoms with van der Waals surface area (Å²) in [5, 5.41) is 0. The van der Waals surface area contributed by atoms with E-state index in [2.05, 4.69) is 11.8 Å². The van der Waals surface area contributed by atoms with Crippen molar-refractivity contribution in [3.8, 4) is 17.6 Å². The smallest absolute Gasteiger partial charge is 0.338 e. The van der Waals surface area contributed by atoms with E-state index >= 15 is 0 Å². The van der Waals surface area contributed by atoms with E-state index in [9.17, 15) is 4.79 Å². The number of anilines is 1. The Bertz CT molecular complexity index is 806. The van der Waals surface area contributed by atoms with Crippen LogP contribution in [0.15, 0.2) is 42.5 Å². The number of benzene rings is 2. The van der Waals surface area contributed by atoms with E-state index in [4.69, 9.17) is 15.2 Å². The quantitative estimate of drug-likeness (QED) is 0.522. The van der Waals surface area contributed by atoms with Gasteiger partial charge in [-0.15, -0.1) is 0 Å². The molecule has 0 heterocycles. The number of esters is 1. The molecule has 0 bridgehead atoms. The normalized spacial score (nSPS) is 10.6. The second-order valence-electron chi connectivity index (χ2n) is 6.52. The first-order chi connectivity index (χ1) is 11.8. The molecule has 4 nitrogen and oxygen atoms in total. The molecule has 0 aliphatic carbocycles. The molecular weight excluding hydrogens is 314 g/mol. The Kier molecular flexibility index (Phi) is 5.71. The lowest BCUT2D eigenvalue weighted by molar-refractivity contribution is 0.00695. The van der Waals surface area contributed by atoms with Gasteiger partial charge < -0.3 is 15.2 Å². The van der Waals surface area contributed by atoms with Crippen molar-refractivity contribution < 1.29 is 14.3 Å². The summed E-state index contributed by atoms with van der Waals surface area (Å²) >= 11 is 0. The molecule has 4 heteroatoms. The van der Waals surface area contributed by atoms with E-state index in [1.807, 2.05) is 33.8 Å². The van der Waals surface area contributed by atoms with Crippen LogP contribution < -0.4 is 10.5 Å². The lowest BCUT2D eigenvalue weighted by atomic mass is 10.1. The number of ether oxygens (including phenoxy) is 2. The van der Waals surface area contributed by atoms with Crippen molar-refractivity contribution in [2.75, 3.05) is 12.3 Å². The summed E-state index contributed by atoms with van der Waals surface area (Å²) in [6, 6.07) is 12.4. The molecule has 2 aromatic carbocycles. The van der Waals surface area contributed by atoms with Crippen molar-refractivity contribution in [1.29, 1.82) is 0 Å². The number of hydrogen-bond acceptors (Lipinski definition) is 4. The van der Waals surface area contributed by atoms with Gasteiger partial charge in [-0.05, 0) is 64.1 Å². The van der Waals surface area contributed by atoms with Crippen LogP contribution in [0.5, 0.6) is 5.75 Å². The van der Waals surface area contributed by atoms with Crippen molar-refractivity contribution >= 4 is 11.7 Å². The van der Waals surface area contributed by atoms with E-state index < -0.39 is 5.60 Å². The second kappa shape index (κ2) is 7.76.